The van der Waals surface area contributed by atoms with Gasteiger partial charge in [-0.05, 0) is 72.9 Å². The molecule has 0 heterocycles. The SMILES string of the molecule is COCCCOc1cc(C[C@@H](C[C@H](N)C(O)C[C@H](C(=O)NCc2cc(OC)ccc2OC)C(C)C)C(C)C)ccc1OC. The van der Waals surface area contributed by atoms with E-state index in [1.54, 1.807) is 28.4 Å². The van der Waals surface area contributed by atoms with Crippen LogP contribution in [0.25, 0.3) is 0 Å². The Morgan fingerprint density at radius 1 is 0.860 bits per heavy atom. The zero-order valence-electron chi connectivity index (χ0n) is 27.4. The maximum Gasteiger partial charge on any atom is 0.223 e. The van der Waals surface area contributed by atoms with Crippen LogP contribution in [0.1, 0.15) is 58.1 Å². The number of aliphatic hydroxyl groups is 1. The van der Waals surface area contributed by atoms with Gasteiger partial charge in [0.2, 0.25) is 5.91 Å². The lowest BCUT2D eigenvalue weighted by atomic mass is 9.81. The van der Waals surface area contributed by atoms with Gasteiger partial charge in [0.25, 0.3) is 0 Å². The maximum absolute atomic E-state index is 13.3. The molecule has 0 aliphatic heterocycles. The van der Waals surface area contributed by atoms with E-state index in [0.717, 1.165) is 24.0 Å². The Balaban J connectivity index is 2.04. The summed E-state index contributed by atoms with van der Waals surface area (Å²) >= 11 is 0. The van der Waals surface area contributed by atoms with Crippen molar-refractivity contribution in [1.82, 2.24) is 5.32 Å². The van der Waals surface area contributed by atoms with Crippen molar-refractivity contribution >= 4 is 5.91 Å². The van der Waals surface area contributed by atoms with Crippen molar-refractivity contribution in [3.05, 3.63) is 47.5 Å². The highest BCUT2D eigenvalue weighted by atomic mass is 16.5. The van der Waals surface area contributed by atoms with E-state index in [9.17, 15) is 9.90 Å². The second-order valence-electron chi connectivity index (χ2n) is 11.8. The maximum atomic E-state index is 13.3. The van der Waals surface area contributed by atoms with E-state index in [1.165, 1.54) is 0 Å². The van der Waals surface area contributed by atoms with Crippen LogP contribution in [-0.4, -0.2) is 64.8 Å². The van der Waals surface area contributed by atoms with Gasteiger partial charge in [0, 0.05) is 44.2 Å². The molecule has 2 aromatic rings. The molecule has 4 N–H and O–H groups in total. The van der Waals surface area contributed by atoms with Gasteiger partial charge >= 0.3 is 0 Å². The van der Waals surface area contributed by atoms with Crippen LogP contribution in [0.4, 0.5) is 0 Å². The minimum atomic E-state index is -0.818. The van der Waals surface area contributed by atoms with E-state index in [-0.39, 0.29) is 24.2 Å². The van der Waals surface area contributed by atoms with E-state index >= 15 is 0 Å². The van der Waals surface area contributed by atoms with Gasteiger partial charge in [-0.25, -0.2) is 0 Å². The number of amides is 1. The summed E-state index contributed by atoms with van der Waals surface area (Å²) < 4.78 is 27.3. The van der Waals surface area contributed by atoms with Crippen molar-refractivity contribution < 1.29 is 33.6 Å². The minimum Gasteiger partial charge on any atom is -0.497 e. The summed E-state index contributed by atoms with van der Waals surface area (Å²) in [5.41, 5.74) is 8.53. The Hall–Kier alpha value is -3.01. The van der Waals surface area contributed by atoms with E-state index in [1.807, 2.05) is 44.2 Å². The van der Waals surface area contributed by atoms with Crippen molar-refractivity contribution in [1.29, 1.82) is 0 Å². The summed E-state index contributed by atoms with van der Waals surface area (Å²) in [7, 11) is 6.50. The average molecular weight is 603 g/mol. The Labute approximate surface area is 258 Å². The molecule has 0 radical (unpaired) electrons. The Bertz CT molecular complexity index is 1110. The fraction of sp³-hybridized carbons (Fsp3) is 0.618. The smallest absolute Gasteiger partial charge is 0.223 e. The van der Waals surface area contributed by atoms with Crippen LogP contribution in [0, 0.1) is 23.7 Å². The van der Waals surface area contributed by atoms with Crippen molar-refractivity contribution in [3.63, 3.8) is 0 Å². The molecule has 0 saturated heterocycles. The van der Waals surface area contributed by atoms with E-state index < -0.39 is 18.1 Å². The molecule has 0 aliphatic rings. The third-order valence-corrected chi connectivity index (χ3v) is 8.07. The predicted molar refractivity (Wildman–Crippen MR) is 170 cm³/mol. The molecule has 9 nitrogen and oxygen atoms in total. The molecule has 0 fully saturated rings. The highest BCUT2D eigenvalue weighted by molar-refractivity contribution is 5.79. The molecule has 0 saturated carbocycles. The number of hydrogen-bond donors (Lipinski definition) is 3. The van der Waals surface area contributed by atoms with Crippen LogP contribution in [0.15, 0.2) is 36.4 Å². The topological polar surface area (TPSA) is 122 Å². The van der Waals surface area contributed by atoms with Crippen LogP contribution >= 0.6 is 0 Å². The number of methoxy groups -OCH3 is 4. The third-order valence-electron chi connectivity index (χ3n) is 8.07. The Morgan fingerprint density at radius 3 is 2.16 bits per heavy atom. The summed E-state index contributed by atoms with van der Waals surface area (Å²) in [6.45, 7) is 9.79. The van der Waals surface area contributed by atoms with Crippen LogP contribution in [0.5, 0.6) is 23.0 Å². The monoisotopic (exact) mass is 602 g/mol. The molecular formula is C34H54N2O7. The second kappa shape index (κ2) is 18.6. The van der Waals surface area contributed by atoms with Crippen molar-refractivity contribution in [2.75, 3.05) is 41.7 Å². The molecule has 9 heteroatoms. The average Bonchev–Trinajstić information content (AvgIpc) is 2.99. The van der Waals surface area contributed by atoms with Gasteiger partial charge in [-0.1, -0.05) is 33.8 Å². The first-order valence-corrected chi connectivity index (χ1v) is 15.2. The van der Waals surface area contributed by atoms with Crippen molar-refractivity contribution in [2.24, 2.45) is 29.4 Å². The standard InChI is InChI=1S/C34H54N2O7/c1-22(2)25(16-24-10-12-32(42-8)33(17-24)43-15-9-14-39-5)19-29(35)30(37)20-28(23(3)4)34(38)36-21-26-18-27(40-6)11-13-31(26)41-7/h10-13,17-18,22-23,25,28-30,37H,9,14-16,19-21,35H2,1-8H3,(H,36,38)/t25-,28-,29-,30?/m0/s1. The first-order valence-electron chi connectivity index (χ1n) is 15.2. The van der Waals surface area contributed by atoms with Crippen LogP contribution in [0.3, 0.4) is 0 Å². The summed E-state index contributed by atoms with van der Waals surface area (Å²) in [4.78, 5) is 13.3. The van der Waals surface area contributed by atoms with Crippen LogP contribution in [-0.2, 0) is 22.5 Å². The Morgan fingerprint density at radius 2 is 1.56 bits per heavy atom. The molecule has 1 unspecified atom stereocenters. The molecular weight excluding hydrogens is 548 g/mol. The summed E-state index contributed by atoms with van der Waals surface area (Å²) in [6, 6.07) is 11.0. The summed E-state index contributed by atoms with van der Waals surface area (Å²) in [5, 5.41) is 14.2. The van der Waals surface area contributed by atoms with Gasteiger partial charge in [-0.15, -0.1) is 0 Å². The quantitative estimate of drug-likeness (QED) is 0.181. The summed E-state index contributed by atoms with van der Waals surface area (Å²) in [5.74, 6) is 2.84. The van der Waals surface area contributed by atoms with Gasteiger partial charge in [0.1, 0.15) is 11.5 Å². The second-order valence-corrected chi connectivity index (χ2v) is 11.8. The number of carbonyl (C=O) groups excluding carboxylic acids is 1. The van der Waals surface area contributed by atoms with Gasteiger partial charge < -0.3 is 39.8 Å². The molecule has 1 amide bonds. The number of benzene rings is 2. The molecule has 0 bridgehead atoms. The number of hydrogen-bond acceptors (Lipinski definition) is 8. The number of nitrogens with two attached hydrogens (primary N) is 1. The highest BCUT2D eigenvalue weighted by Gasteiger charge is 2.30. The lowest BCUT2D eigenvalue weighted by molar-refractivity contribution is -0.127. The van der Waals surface area contributed by atoms with E-state index in [4.69, 9.17) is 29.4 Å². The molecule has 0 aromatic heterocycles. The molecule has 242 valence electrons. The van der Waals surface area contributed by atoms with E-state index in [2.05, 4.69) is 25.2 Å². The van der Waals surface area contributed by atoms with Gasteiger partial charge in [0.15, 0.2) is 11.5 Å². The largest absolute Gasteiger partial charge is 0.497 e. The number of carbonyl (C=O) groups is 1. The minimum absolute atomic E-state index is 0.0246. The van der Waals surface area contributed by atoms with Crippen LogP contribution in [0.2, 0.25) is 0 Å². The fourth-order valence-electron chi connectivity index (χ4n) is 5.20. The lowest BCUT2D eigenvalue weighted by Gasteiger charge is -2.30. The first kappa shape index (κ1) is 36.2. The molecule has 2 aromatic carbocycles. The van der Waals surface area contributed by atoms with E-state index in [0.29, 0.717) is 55.1 Å². The van der Waals surface area contributed by atoms with Gasteiger partial charge in [-0.3, -0.25) is 4.79 Å². The molecule has 0 aliphatic carbocycles. The third kappa shape index (κ3) is 11.5. The fourth-order valence-corrected chi connectivity index (χ4v) is 5.20. The number of ether oxygens (including phenoxy) is 5. The zero-order valence-corrected chi connectivity index (χ0v) is 27.4. The molecule has 2 rings (SSSR count). The molecule has 4 atom stereocenters. The zero-order chi connectivity index (χ0) is 31.9. The number of nitrogens with one attached hydrogen (secondary N) is 1. The van der Waals surface area contributed by atoms with Gasteiger partial charge in [-0.2, -0.15) is 0 Å². The van der Waals surface area contributed by atoms with Crippen LogP contribution < -0.4 is 30.0 Å². The molecule has 43 heavy (non-hydrogen) atoms. The van der Waals surface area contributed by atoms with Crippen molar-refractivity contribution in [2.45, 2.75) is 72.1 Å². The van der Waals surface area contributed by atoms with Crippen molar-refractivity contribution in [3.8, 4) is 23.0 Å². The first-order chi connectivity index (χ1) is 20.5. The molecule has 0 spiro atoms. The van der Waals surface area contributed by atoms with Gasteiger partial charge in [0.05, 0.1) is 34.0 Å². The Kier molecular flexibility index (Phi) is 15.7. The number of rotatable bonds is 20. The highest BCUT2D eigenvalue weighted by Crippen LogP contribution is 2.32. The number of aliphatic hydroxyl groups excluding tert-OH is 1. The normalized spacial score (nSPS) is 14.2. The predicted octanol–water partition coefficient (Wildman–Crippen LogP) is 5.00. The summed E-state index contributed by atoms with van der Waals surface area (Å²) in [6.07, 6.45) is 1.67. The lowest BCUT2D eigenvalue weighted by Crippen LogP contribution is -2.42.